The van der Waals surface area contributed by atoms with Crippen molar-refractivity contribution in [1.82, 2.24) is 5.06 Å². The normalized spacial score (nSPS) is 30.3. The molecule has 7 nitrogen and oxygen atoms in total. The Hall–Kier alpha value is -1.21. The largest absolute Gasteiger partial charge is 0.373 e. The maximum atomic E-state index is 13.5. The van der Waals surface area contributed by atoms with Crippen molar-refractivity contribution in [2.24, 2.45) is 11.8 Å². The van der Waals surface area contributed by atoms with Gasteiger partial charge in [0.1, 0.15) is 10.2 Å². The summed E-state index contributed by atoms with van der Waals surface area (Å²) < 4.78 is 24.6. The molecule has 1 aromatic rings. The fourth-order valence-electron chi connectivity index (χ4n) is 4.94. The number of rotatable bonds is 7. The third-order valence-electron chi connectivity index (χ3n) is 7.05. The maximum absolute atomic E-state index is 13.5. The summed E-state index contributed by atoms with van der Waals surface area (Å²) in [6, 6.07) is 3.22. The zero-order valence-corrected chi connectivity index (χ0v) is 21.3. The predicted molar refractivity (Wildman–Crippen MR) is 125 cm³/mol. The number of carbonyl (C=O) groups excluding carboxylic acids is 2. The van der Waals surface area contributed by atoms with E-state index >= 15 is 0 Å². The van der Waals surface area contributed by atoms with Crippen molar-refractivity contribution >= 4 is 30.6 Å². The van der Waals surface area contributed by atoms with Crippen LogP contribution in [-0.4, -0.2) is 48.7 Å². The molecule has 0 spiro atoms. The molecule has 1 amide bonds. The average molecular weight is 486 g/mol. The van der Waals surface area contributed by atoms with Gasteiger partial charge in [0.05, 0.1) is 12.6 Å². The Labute approximate surface area is 195 Å². The first-order valence-electron chi connectivity index (χ1n) is 11.6. The van der Waals surface area contributed by atoms with Gasteiger partial charge in [-0.1, -0.05) is 13.0 Å². The molecule has 2 saturated carbocycles. The highest BCUT2D eigenvalue weighted by molar-refractivity contribution is 7.59. The molecule has 0 radical (unpaired) electrons. The van der Waals surface area contributed by atoms with Gasteiger partial charge in [0.25, 0.3) is 5.91 Å². The third kappa shape index (κ3) is 5.46. The van der Waals surface area contributed by atoms with Crippen LogP contribution in [0, 0.1) is 11.8 Å². The Morgan fingerprint density at radius 2 is 1.84 bits per heavy atom. The molecule has 1 aromatic heterocycles. The number of carbonyl (C=O) groups is 2. The number of thiophene rings is 1. The average Bonchev–Trinajstić information content (AvgIpc) is 3.32. The summed E-state index contributed by atoms with van der Waals surface area (Å²) in [5, 5.41) is 2.28. The molecular weight excluding hydrogens is 449 g/mol. The second-order valence-corrected chi connectivity index (χ2v) is 12.8. The van der Waals surface area contributed by atoms with Gasteiger partial charge in [-0.15, -0.1) is 11.3 Å². The first-order chi connectivity index (χ1) is 15.2. The molecule has 1 unspecified atom stereocenters. The zero-order chi connectivity index (χ0) is 23.4. The van der Waals surface area contributed by atoms with E-state index in [1.807, 2.05) is 12.3 Å². The van der Waals surface area contributed by atoms with Gasteiger partial charge in [-0.25, -0.2) is 4.79 Å². The first-order valence-corrected chi connectivity index (χ1v) is 14.5. The first kappa shape index (κ1) is 25.4. The van der Waals surface area contributed by atoms with E-state index in [1.165, 1.54) is 16.4 Å². The highest BCUT2D eigenvalue weighted by atomic mass is 32.1. The number of hydroxylamine groups is 2. The lowest BCUT2D eigenvalue weighted by Gasteiger charge is -2.44. The van der Waals surface area contributed by atoms with Crippen molar-refractivity contribution in [2.45, 2.75) is 76.6 Å². The van der Waals surface area contributed by atoms with Crippen LogP contribution in [0.1, 0.15) is 74.9 Å². The second-order valence-electron chi connectivity index (χ2n) is 9.12. The molecule has 0 aliphatic heterocycles. The van der Waals surface area contributed by atoms with E-state index in [2.05, 4.69) is 6.92 Å². The summed E-state index contributed by atoms with van der Waals surface area (Å²) in [5.41, 5.74) is 0. The topological polar surface area (TPSA) is 82.1 Å². The summed E-state index contributed by atoms with van der Waals surface area (Å²) in [4.78, 5) is 32.4. The molecule has 0 N–H and O–H groups in total. The Morgan fingerprint density at radius 1 is 1.19 bits per heavy atom. The van der Waals surface area contributed by atoms with Crippen LogP contribution in [0.5, 0.6) is 0 Å². The van der Waals surface area contributed by atoms with Crippen LogP contribution in [0.4, 0.5) is 0 Å². The van der Waals surface area contributed by atoms with Crippen molar-refractivity contribution in [3.8, 4) is 0 Å². The Morgan fingerprint density at radius 3 is 2.38 bits per heavy atom. The lowest BCUT2D eigenvalue weighted by molar-refractivity contribution is -0.188. The van der Waals surface area contributed by atoms with Gasteiger partial charge < -0.3 is 14.1 Å². The van der Waals surface area contributed by atoms with Gasteiger partial charge in [0.2, 0.25) is 7.37 Å². The monoisotopic (exact) mass is 485 g/mol. The molecule has 180 valence electrons. The van der Waals surface area contributed by atoms with Gasteiger partial charge in [-0.05, 0) is 75.7 Å². The zero-order valence-electron chi connectivity index (χ0n) is 19.6. The van der Waals surface area contributed by atoms with Crippen LogP contribution in [0.2, 0.25) is 0 Å². The van der Waals surface area contributed by atoms with E-state index in [-0.39, 0.29) is 17.9 Å². The number of methoxy groups -OCH3 is 1. The van der Waals surface area contributed by atoms with Gasteiger partial charge >= 0.3 is 5.97 Å². The summed E-state index contributed by atoms with van der Waals surface area (Å²) in [6.07, 6.45) is 5.67. The van der Waals surface area contributed by atoms with Crippen molar-refractivity contribution in [1.29, 1.82) is 0 Å². The fourth-order valence-corrected chi connectivity index (χ4v) is 7.67. The molecular formula is C23H36NO6PS. The Bertz CT molecular complexity index is 812. The molecule has 2 fully saturated rings. The number of hydrogen-bond donors (Lipinski definition) is 0. The van der Waals surface area contributed by atoms with Crippen LogP contribution < -0.4 is 0 Å². The van der Waals surface area contributed by atoms with Crippen molar-refractivity contribution < 1.29 is 28.3 Å². The maximum Gasteiger partial charge on any atom is 0.373 e. The molecule has 0 saturated heterocycles. The third-order valence-corrected chi connectivity index (χ3v) is 10.8. The van der Waals surface area contributed by atoms with Crippen molar-refractivity contribution in [2.75, 3.05) is 20.4 Å². The Balaban J connectivity index is 1.77. The van der Waals surface area contributed by atoms with Gasteiger partial charge in [-0.3, -0.25) is 9.36 Å². The standard InChI is InChI=1S/C23H36NO6PS/c1-5-29-31(4,27)23(28-3)14-12-19(13-15-23)24(30-22(26)20-7-6-16-32-20)21(25)18-10-8-17(2)9-11-18/h6-7,16-19H,5,8-15H2,1-4H3. The molecule has 2 aliphatic carbocycles. The molecule has 3 rings (SSSR count). The number of nitrogens with zero attached hydrogens (tertiary/aromatic N) is 1. The van der Waals surface area contributed by atoms with Gasteiger partial charge in [-0.2, -0.15) is 5.06 Å². The van der Waals surface area contributed by atoms with Crippen molar-refractivity contribution in [3.05, 3.63) is 22.4 Å². The van der Waals surface area contributed by atoms with E-state index in [9.17, 15) is 14.2 Å². The lowest BCUT2D eigenvalue weighted by atomic mass is 9.82. The van der Waals surface area contributed by atoms with Crippen molar-refractivity contribution in [3.63, 3.8) is 0 Å². The summed E-state index contributed by atoms with van der Waals surface area (Å²) >= 11 is 1.29. The SMILES string of the molecule is CCOP(C)(=O)C1(OC)CCC(N(OC(=O)c2cccs2)C(=O)C2CCC(C)CC2)CC1. The van der Waals surface area contributed by atoms with E-state index in [0.29, 0.717) is 43.1 Å². The molecule has 9 heteroatoms. The quantitative estimate of drug-likeness (QED) is 0.364. The smallest absolute Gasteiger partial charge is 0.368 e. The van der Waals surface area contributed by atoms with E-state index < -0.39 is 18.7 Å². The van der Waals surface area contributed by atoms with Gasteiger partial charge in [0, 0.05) is 19.7 Å². The van der Waals surface area contributed by atoms with E-state index in [4.69, 9.17) is 14.1 Å². The number of amides is 1. The number of hydrogen-bond acceptors (Lipinski definition) is 7. The lowest BCUT2D eigenvalue weighted by Crippen LogP contribution is -2.49. The fraction of sp³-hybridized carbons (Fsp3) is 0.739. The second kappa shape index (κ2) is 10.8. The minimum absolute atomic E-state index is 0.110. The highest BCUT2D eigenvalue weighted by Crippen LogP contribution is 2.62. The number of ether oxygens (including phenoxy) is 1. The Kier molecular flexibility index (Phi) is 8.59. The molecule has 0 aromatic carbocycles. The van der Waals surface area contributed by atoms with Crippen LogP contribution in [0.25, 0.3) is 0 Å². The van der Waals surface area contributed by atoms with E-state index in [0.717, 1.165) is 25.7 Å². The minimum atomic E-state index is -3.01. The molecule has 1 atom stereocenters. The van der Waals surface area contributed by atoms with Crippen LogP contribution >= 0.6 is 18.7 Å². The molecule has 1 heterocycles. The van der Waals surface area contributed by atoms with Gasteiger partial charge in [0.15, 0.2) is 0 Å². The predicted octanol–water partition coefficient (Wildman–Crippen LogP) is 5.70. The summed E-state index contributed by atoms with van der Waals surface area (Å²) in [5.74, 6) is -0.120. The molecule has 0 bridgehead atoms. The van der Waals surface area contributed by atoms with Crippen LogP contribution in [0.15, 0.2) is 17.5 Å². The van der Waals surface area contributed by atoms with Crippen LogP contribution in [0.3, 0.4) is 0 Å². The molecule has 32 heavy (non-hydrogen) atoms. The summed E-state index contributed by atoms with van der Waals surface area (Å²) in [7, 11) is -1.44. The van der Waals surface area contributed by atoms with Crippen LogP contribution in [-0.2, 0) is 23.5 Å². The van der Waals surface area contributed by atoms with E-state index in [1.54, 1.807) is 25.9 Å². The highest BCUT2D eigenvalue weighted by Gasteiger charge is 2.50. The molecule has 2 aliphatic rings. The summed E-state index contributed by atoms with van der Waals surface area (Å²) in [6.45, 7) is 6.01. The minimum Gasteiger partial charge on any atom is -0.368 e.